The molecule has 1 saturated heterocycles. The van der Waals surface area contributed by atoms with Crippen molar-refractivity contribution in [2.45, 2.75) is 75.5 Å². The number of hydrogen-bond acceptors (Lipinski definition) is 5. The number of benzene rings is 2. The monoisotopic (exact) mass is 483 g/mol. The highest BCUT2D eigenvalue weighted by atomic mass is 19.1. The molecule has 2 saturated carbocycles. The Morgan fingerprint density at radius 1 is 1.11 bits per heavy atom. The normalized spacial score (nSPS) is 20.1. The van der Waals surface area contributed by atoms with Gasteiger partial charge in [-0.25, -0.2) is 9.18 Å². The molecule has 2 aliphatic carbocycles. The van der Waals surface area contributed by atoms with Gasteiger partial charge >= 0.3 is 5.97 Å². The summed E-state index contributed by atoms with van der Waals surface area (Å²) >= 11 is 0. The Morgan fingerprint density at radius 3 is 2.51 bits per heavy atom. The molecule has 0 spiro atoms. The second-order valence-corrected chi connectivity index (χ2v) is 10.1. The van der Waals surface area contributed by atoms with E-state index in [1.165, 1.54) is 0 Å². The highest BCUT2D eigenvalue weighted by Gasteiger charge is 2.40. The maximum Gasteiger partial charge on any atom is 0.329 e. The Kier molecular flexibility index (Phi) is 6.98. The van der Waals surface area contributed by atoms with Gasteiger partial charge in [0.25, 0.3) is 0 Å². The number of nitrogens with one attached hydrogen (secondary N) is 1. The summed E-state index contributed by atoms with van der Waals surface area (Å²) in [6, 6.07) is 9.19. The molecule has 1 heterocycles. The van der Waals surface area contributed by atoms with E-state index in [1.54, 1.807) is 13.2 Å². The van der Waals surface area contributed by atoms with E-state index >= 15 is 4.39 Å². The van der Waals surface area contributed by atoms with Crippen LogP contribution in [0.2, 0.25) is 0 Å². The second-order valence-electron chi connectivity index (χ2n) is 10.1. The van der Waals surface area contributed by atoms with Gasteiger partial charge in [-0.05, 0) is 72.6 Å². The number of hydrogen-bond donors (Lipinski definition) is 2. The highest BCUT2D eigenvalue weighted by Crippen LogP contribution is 2.45. The summed E-state index contributed by atoms with van der Waals surface area (Å²) in [5.41, 5.74) is 2.41. The van der Waals surface area contributed by atoms with Crippen LogP contribution in [0.15, 0.2) is 30.3 Å². The van der Waals surface area contributed by atoms with Crippen LogP contribution in [0.5, 0.6) is 5.75 Å². The molecule has 2 N–H and O–H groups in total. The maximum atomic E-state index is 15.7. The third kappa shape index (κ3) is 5.16. The van der Waals surface area contributed by atoms with Crippen LogP contribution in [0, 0.1) is 5.82 Å². The summed E-state index contributed by atoms with van der Waals surface area (Å²) in [7, 11) is 1.60. The van der Waals surface area contributed by atoms with Crippen molar-refractivity contribution in [2.24, 2.45) is 0 Å². The zero-order valence-electron chi connectivity index (χ0n) is 20.3. The van der Waals surface area contributed by atoms with Crippen LogP contribution in [0.25, 0.3) is 11.1 Å². The summed E-state index contributed by atoms with van der Waals surface area (Å²) in [5.74, 6) is -0.212. The van der Waals surface area contributed by atoms with Gasteiger partial charge in [0.05, 0.1) is 19.8 Å². The second kappa shape index (κ2) is 10.2. The molecule has 3 aliphatic rings. The summed E-state index contributed by atoms with van der Waals surface area (Å²) in [5, 5.41) is 13.2. The number of carboxylic acids is 1. The SMILES string of the molecule is COc1cc(-c2ccc(NC3(C(=O)O)CCOCC3)cc2COC2CCCC2)c(F)c(C2CC2)c1. The van der Waals surface area contributed by atoms with E-state index in [9.17, 15) is 9.90 Å². The minimum Gasteiger partial charge on any atom is -0.497 e. The highest BCUT2D eigenvalue weighted by molar-refractivity contribution is 5.83. The molecule has 7 heteroatoms. The Bertz CT molecular complexity index is 1070. The lowest BCUT2D eigenvalue weighted by Gasteiger charge is -2.35. The molecular weight excluding hydrogens is 449 g/mol. The molecule has 0 radical (unpaired) electrons. The van der Waals surface area contributed by atoms with Gasteiger partial charge in [0.2, 0.25) is 0 Å². The van der Waals surface area contributed by atoms with Crippen molar-refractivity contribution < 1.29 is 28.5 Å². The number of aliphatic carboxylic acids is 1. The van der Waals surface area contributed by atoms with Crippen molar-refractivity contribution in [2.75, 3.05) is 25.6 Å². The zero-order valence-corrected chi connectivity index (χ0v) is 20.3. The van der Waals surface area contributed by atoms with Crippen LogP contribution in [0.4, 0.5) is 10.1 Å². The molecule has 2 aromatic carbocycles. The Morgan fingerprint density at radius 2 is 1.86 bits per heavy atom. The van der Waals surface area contributed by atoms with Gasteiger partial charge in [-0.1, -0.05) is 18.9 Å². The fourth-order valence-electron chi connectivity index (χ4n) is 5.33. The molecule has 0 atom stereocenters. The average Bonchev–Trinajstić information content (AvgIpc) is 3.58. The van der Waals surface area contributed by atoms with Gasteiger partial charge < -0.3 is 24.6 Å². The van der Waals surface area contributed by atoms with Gasteiger partial charge in [0.15, 0.2) is 0 Å². The number of methoxy groups -OCH3 is 1. The largest absolute Gasteiger partial charge is 0.497 e. The van der Waals surface area contributed by atoms with Gasteiger partial charge in [-0.15, -0.1) is 0 Å². The number of anilines is 1. The van der Waals surface area contributed by atoms with E-state index in [-0.39, 0.29) is 17.8 Å². The molecule has 3 fully saturated rings. The first-order valence-electron chi connectivity index (χ1n) is 12.7. The minimum atomic E-state index is -1.08. The molecule has 188 valence electrons. The predicted octanol–water partition coefficient (Wildman–Crippen LogP) is 5.88. The van der Waals surface area contributed by atoms with Crippen molar-refractivity contribution >= 4 is 11.7 Å². The average molecular weight is 484 g/mol. The van der Waals surface area contributed by atoms with Crippen LogP contribution in [-0.4, -0.2) is 43.0 Å². The zero-order chi connectivity index (χ0) is 24.4. The van der Waals surface area contributed by atoms with Crippen LogP contribution in [0.3, 0.4) is 0 Å². The number of halogens is 1. The van der Waals surface area contributed by atoms with Crippen LogP contribution >= 0.6 is 0 Å². The molecule has 0 amide bonds. The van der Waals surface area contributed by atoms with Gasteiger partial charge in [0, 0.05) is 37.3 Å². The van der Waals surface area contributed by atoms with Crippen molar-refractivity contribution in [3.05, 3.63) is 47.3 Å². The van der Waals surface area contributed by atoms with E-state index in [4.69, 9.17) is 14.2 Å². The van der Waals surface area contributed by atoms with Crippen molar-refractivity contribution in [3.8, 4) is 16.9 Å². The lowest BCUT2D eigenvalue weighted by molar-refractivity contribution is -0.145. The van der Waals surface area contributed by atoms with Gasteiger partial charge in [0.1, 0.15) is 17.1 Å². The van der Waals surface area contributed by atoms with E-state index in [2.05, 4.69) is 5.32 Å². The van der Waals surface area contributed by atoms with Gasteiger partial charge in [-0.3, -0.25) is 0 Å². The molecule has 0 aromatic heterocycles. The Hall–Kier alpha value is -2.64. The molecular formula is C28H34FNO5. The first-order valence-corrected chi connectivity index (χ1v) is 12.7. The van der Waals surface area contributed by atoms with Crippen LogP contribution in [0.1, 0.15) is 68.4 Å². The molecule has 0 unspecified atom stereocenters. The third-order valence-electron chi connectivity index (χ3n) is 7.64. The first kappa shape index (κ1) is 24.1. The molecule has 0 bridgehead atoms. The Labute approximate surface area is 205 Å². The Balaban J connectivity index is 1.52. The van der Waals surface area contributed by atoms with Crippen molar-refractivity contribution in [1.29, 1.82) is 0 Å². The molecule has 35 heavy (non-hydrogen) atoms. The summed E-state index contributed by atoms with van der Waals surface area (Å²) in [6.45, 7) is 1.14. The van der Waals surface area contributed by atoms with Gasteiger partial charge in [-0.2, -0.15) is 0 Å². The topological polar surface area (TPSA) is 77.0 Å². The number of carboxylic acid groups (broad SMARTS) is 1. The molecule has 1 aliphatic heterocycles. The summed E-state index contributed by atoms with van der Waals surface area (Å²) in [4.78, 5) is 12.2. The van der Waals surface area contributed by atoms with Crippen molar-refractivity contribution in [3.63, 3.8) is 0 Å². The van der Waals surface area contributed by atoms with Crippen molar-refractivity contribution in [1.82, 2.24) is 0 Å². The quantitative estimate of drug-likeness (QED) is 0.464. The third-order valence-corrected chi connectivity index (χ3v) is 7.64. The number of carbonyl (C=O) groups is 1. The lowest BCUT2D eigenvalue weighted by atomic mass is 9.89. The van der Waals surface area contributed by atoms with E-state index in [0.29, 0.717) is 55.2 Å². The van der Waals surface area contributed by atoms with Crippen LogP contribution in [-0.2, 0) is 20.9 Å². The lowest BCUT2D eigenvalue weighted by Crippen LogP contribution is -2.50. The fraction of sp³-hybridized carbons (Fsp3) is 0.536. The standard InChI is InChI=1S/C28H34FNO5/c1-33-22-15-24(18-6-7-18)26(29)25(16-22)23-9-8-20(14-19(23)17-35-21-4-2-3-5-21)30-28(27(31)32)10-12-34-13-11-28/h8-9,14-16,18,21,30H,2-7,10-13,17H2,1H3,(H,31,32). The van der Waals surface area contributed by atoms with Crippen LogP contribution < -0.4 is 10.1 Å². The smallest absolute Gasteiger partial charge is 0.329 e. The van der Waals surface area contributed by atoms with E-state index in [1.807, 2.05) is 24.3 Å². The summed E-state index contributed by atoms with van der Waals surface area (Å²) < 4.78 is 32.9. The minimum absolute atomic E-state index is 0.206. The first-order chi connectivity index (χ1) is 17.0. The number of ether oxygens (including phenoxy) is 3. The molecule has 6 nitrogen and oxygen atoms in total. The predicted molar refractivity (Wildman–Crippen MR) is 131 cm³/mol. The molecule has 5 rings (SSSR count). The summed E-state index contributed by atoms with van der Waals surface area (Å²) in [6.07, 6.45) is 7.35. The maximum absolute atomic E-state index is 15.7. The van der Waals surface area contributed by atoms with E-state index < -0.39 is 11.5 Å². The van der Waals surface area contributed by atoms with E-state index in [0.717, 1.165) is 49.7 Å². The molecule has 2 aromatic rings. The number of rotatable bonds is 9. The fourth-order valence-corrected chi connectivity index (χ4v) is 5.33.